The van der Waals surface area contributed by atoms with Crippen molar-refractivity contribution in [3.05, 3.63) is 34.2 Å². The Morgan fingerprint density at radius 1 is 1.43 bits per heavy atom. The van der Waals surface area contributed by atoms with Crippen molar-refractivity contribution in [2.75, 3.05) is 0 Å². The number of hydrogen-bond acceptors (Lipinski definition) is 3. The maximum atomic E-state index is 12.2. The van der Waals surface area contributed by atoms with Crippen LogP contribution in [0.25, 0.3) is 0 Å². The standard InChI is InChI=1S/C15H22N2O4/c1-5-11(13(19)20)16-14(21)15(3,4)9-17-8-6-7-10(2)12(17)18/h6-8,11H,5,9H2,1-4H3,(H,16,21)(H,19,20). The van der Waals surface area contributed by atoms with E-state index in [-0.39, 0.29) is 18.0 Å². The van der Waals surface area contributed by atoms with Crippen molar-refractivity contribution in [2.45, 2.75) is 46.7 Å². The SMILES string of the molecule is CCC(NC(=O)C(C)(C)Cn1cccc(C)c1=O)C(=O)O. The van der Waals surface area contributed by atoms with Crippen LogP contribution in [0, 0.1) is 12.3 Å². The Hall–Kier alpha value is -2.11. The number of rotatable bonds is 6. The third-order valence-electron chi connectivity index (χ3n) is 3.40. The number of hydrogen-bond donors (Lipinski definition) is 2. The Labute approximate surface area is 123 Å². The zero-order chi connectivity index (χ0) is 16.2. The van der Waals surface area contributed by atoms with Crippen LogP contribution in [0.3, 0.4) is 0 Å². The molecule has 0 fully saturated rings. The molecule has 6 nitrogen and oxygen atoms in total. The van der Waals surface area contributed by atoms with Crippen molar-refractivity contribution < 1.29 is 14.7 Å². The van der Waals surface area contributed by atoms with Crippen LogP contribution in [-0.4, -0.2) is 27.6 Å². The van der Waals surface area contributed by atoms with Gasteiger partial charge in [0.15, 0.2) is 0 Å². The summed E-state index contributed by atoms with van der Waals surface area (Å²) in [5.74, 6) is -1.44. The van der Waals surface area contributed by atoms with Gasteiger partial charge >= 0.3 is 5.97 Å². The van der Waals surface area contributed by atoms with Crippen LogP contribution in [0.4, 0.5) is 0 Å². The lowest BCUT2D eigenvalue weighted by atomic mass is 9.91. The largest absolute Gasteiger partial charge is 0.480 e. The summed E-state index contributed by atoms with van der Waals surface area (Å²) in [6.45, 7) is 6.97. The van der Waals surface area contributed by atoms with E-state index in [1.165, 1.54) is 4.57 Å². The van der Waals surface area contributed by atoms with Crippen LogP contribution >= 0.6 is 0 Å². The molecule has 1 heterocycles. The molecular weight excluding hydrogens is 272 g/mol. The third-order valence-corrected chi connectivity index (χ3v) is 3.40. The van der Waals surface area contributed by atoms with Crippen molar-refractivity contribution in [1.82, 2.24) is 9.88 Å². The average molecular weight is 294 g/mol. The van der Waals surface area contributed by atoms with Crippen molar-refractivity contribution in [1.29, 1.82) is 0 Å². The number of carboxylic acid groups (broad SMARTS) is 1. The Kier molecular flexibility index (Phi) is 5.29. The number of aliphatic carboxylic acids is 1. The zero-order valence-corrected chi connectivity index (χ0v) is 12.8. The zero-order valence-electron chi connectivity index (χ0n) is 12.8. The number of pyridine rings is 1. The van der Waals surface area contributed by atoms with E-state index < -0.39 is 17.4 Å². The molecule has 6 heteroatoms. The van der Waals surface area contributed by atoms with Crippen molar-refractivity contribution in [2.24, 2.45) is 5.41 Å². The summed E-state index contributed by atoms with van der Waals surface area (Å²) in [6, 6.07) is 2.55. The molecule has 116 valence electrons. The summed E-state index contributed by atoms with van der Waals surface area (Å²) in [5.41, 5.74) is -0.435. The molecule has 1 atom stereocenters. The average Bonchev–Trinajstić information content (AvgIpc) is 2.40. The molecule has 0 saturated carbocycles. The van der Waals surface area contributed by atoms with Gasteiger partial charge in [-0.25, -0.2) is 4.79 Å². The van der Waals surface area contributed by atoms with Gasteiger partial charge in [-0.2, -0.15) is 0 Å². The summed E-state index contributed by atoms with van der Waals surface area (Å²) in [4.78, 5) is 35.2. The maximum absolute atomic E-state index is 12.2. The van der Waals surface area contributed by atoms with Gasteiger partial charge in [0.2, 0.25) is 5.91 Å². The van der Waals surface area contributed by atoms with E-state index in [2.05, 4.69) is 5.32 Å². The van der Waals surface area contributed by atoms with Crippen molar-refractivity contribution >= 4 is 11.9 Å². The fourth-order valence-corrected chi connectivity index (χ4v) is 1.97. The Balaban J connectivity index is 2.90. The molecule has 0 bridgehead atoms. The van der Waals surface area contributed by atoms with Crippen LogP contribution in [-0.2, 0) is 16.1 Å². The number of nitrogens with one attached hydrogen (secondary N) is 1. The molecule has 21 heavy (non-hydrogen) atoms. The van der Waals surface area contributed by atoms with E-state index in [0.29, 0.717) is 12.0 Å². The molecule has 1 aromatic heterocycles. The molecule has 0 aliphatic carbocycles. The van der Waals surface area contributed by atoms with E-state index in [1.54, 1.807) is 46.0 Å². The second-order valence-electron chi connectivity index (χ2n) is 5.78. The minimum Gasteiger partial charge on any atom is -0.480 e. The van der Waals surface area contributed by atoms with Crippen LogP contribution in [0.2, 0.25) is 0 Å². The van der Waals surface area contributed by atoms with Gasteiger partial charge in [-0.1, -0.05) is 13.0 Å². The summed E-state index contributed by atoms with van der Waals surface area (Å²) in [5, 5.41) is 11.5. The van der Waals surface area contributed by atoms with E-state index in [1.807, 2.05) is 0 Å². The highest BCUT2D eigenvalue weighted by molar-refractivity contribution is 5.86. The van der Waals surface area contributed by atoms with E-state index in [0.717, 1.165) is 0 Å². The van der Waals surface area contributed by atoms with Crippen LogP contribution in [0.15, 0.2) is 23.1 Å². The van der Waals surface area contributed by atoms with Gasteiger partial charge in [-0.05, 0) is 33.3 Å². The summed E-state index contributed by atoms with van der Waals surface area (Å²) in [7, 11) is 0. The highest BCUT2D eigenvalue weighted by Crippen LogP contribution is 2.18. The molecule has 1 aromatic rings. The number of nitrogens with zero attached hydrogens (tertiary/aromatic N) is 1. The molecule has 0 aliphatic heterocycles. The third kappa shape index (κ3) is 4.18. The fourth-order valence-electron chi connectivity index (χ4n) is 1.97. The topological polar surface area (TPSA) is 88.4 Å². The molecule has 0 aromatic carbocycles. The fraction of sp³-hybridized carbons (Fsp3) is 0.533. The first kappa shape index (κ1) is 16.9. The molecule has 0 aliphatic rings. The van der Waals surface area contributed by atoms with Gasteiger partial charge in [-0.15, -0.1) is 0 Å². The lowest BCUT2D eigenvalue weighted by molar-refractivity contribution is -0.143. The lowest BCUT2D eigenvalue weighted by Gasteiger charge is -2.26. The maximum Gasteiger partial charge on any atom is 0.326 e. The minimum absolute atomic E-state index is 0.149. The highest BCUT2D eigenvalue weighted by atomic mass is 16.4. The molecule has 2 N–H and O–H groups in total. The Morgan fingerprint density at radius 3 is 2.57 bits per heavy atom. The van der Waals surface area contributed by atoms with Gasteiger partial charge < -0.3 is 15.0 Å². The molecule has 1 amide bonds. The van der Waals surface area contributed by atoms with E-state index in [9.17, 15) is 14.4 Å². The number of carbonyl (C=O) groups is 2. The number of aromatic nitrogens is 1. The van der Waals surface area contributed by atoms with E-state index in [4.69, 9.17) is 5.11 Å². The summed E-state index contributed by atoms with van der Waals surface area (Å²) < 4.78 is 1.47. The molecule has 1 rings (SSSR count). The number of amides is 1. The molecule has 1 unspecified atom stereocenters. The molecular formula is C15H22N2O4. The van der Waals surface area contributed by atoms with Gasteiger partial charge in [0.25, 0.3) is 5.56 Å². The second-order valence-corrected chi connectivity index (χ2v) is 5.78. The van der Waals surface area contributed by atoms with Crippen molar-refractivity contribution in [3.63, 3.8) is 0 Å². The number of carboxylic acids is 1. The van der Waals surface area contributed by atoms with Gasteiger partial charge in [0, 0.05) is 18.3 Å². The minimum atomic E-state index is -1.06. The molecule has 0 radical (unpaired) electrons. The van der Waals surface area contributed by atoms with Gasteiger partial charge in [0.05, 0.1) is 5.41 Å². The van der Waals surface area contributed by atoms with Crippen LogP contribution in [0.1, 0.15) is 32.8 Å². The smallest absolute Gasteiger partial charge is 0.326 e. The lowest BCUT2D eigenvalue weighted by Crippen LogP contribution is -2.48. The summed E-state index contributed by atoms with van der Waals surface area (Å²) in [6.07, 6.45) is 1.93. The predicted octanol–water partition coefficient (Wildman–Crippen LogP) is 1.16. The second kappa shape index (κ2) is 6.56. The number of aryl methyl sites for hydroxylation is 1. The normalized spacial score (nSPS) is 12.8. The van der Waals surface area contributed by atoms with Crippen molar-refractivity contribution in [3.8, 4) is 0 Å². The molecule has 0 saturated heterocycles. The molecule has 0 spiro atoms. The first-order chi connectivity index (χ1) is 9.69. The van der Waals surface area contributed by atoms with E-state index >= 15 is 0 Å². The first-order valence-electron chi connectivity index (χ1n) is 6.89. The summed E-state index contributed by atoms with van der Waals surface area (Å²) >= 11 is 0. The van der Waals surface area contributed by atoms with Crippen LogP contribution in [0.5, 0.6) is 0 Å². The Morgan fingerprint density at radius 2 is 2.05 bits per heavy atom. The predicted molar refractivity (Wildman–Crippen MR) is 79.1 cm³/mol. The Bertz CT molecular complexity index is 590. The quantitative estimate of drug-likeness (QED) is 0.824. The highest BCUT2D eigenvalue weighted by Gasteiger charge is 2.31. The first-order valence-corrected chi connectivity index (χ1v) is 6.89. The van der Waals surface area contributed by atoms with Crippen LogP contribution < -0.4 is 10.9 Å². The number of carbonyl (C=O) groups excluding carboxylic acids is 1. The van der Waals surface area contributed by atoms with Gasteiger partial charge in [0.1, 0.15) is 6.04 Å². The monoisotopic (exact) mass is 294 g/mol. The van der Waals surface area contributed by atoms with Gasteiger partial charge in [-0.3, -0.25) is 9.59 Å².